The first-order chi connectivity index (χ1) is 11.6. The van der Waals surface area contributed by atoms with E-state index in [0.717, 1.165) is 6.07 Å². The third-order valence-electron chi connectivity index (χ3n) is 3.75. The van der Waals surface area contributed by atoms with Crippen LogP contribution in [0.2, 0.25) is 0 Å². The van der Waals surface area contributed by atoms with E-state index in [9.17, 15) is 13.2 Å². The third-order valence-corrected chi connectivity index (χ3v) is 5.12. The zero-order chi connectivity index (χ0) is 18.9. The first-order valence-corrected chi connectivity index (χ1v) is 9.06. The van der Waals surface area contributed by atoms with Crippen LogP contribution in [-0.2, 0) is 10.0 Å². The molecule has 25 heavy (non-hydrogen) atoms. The van der Waals surface area contributed by atoms with Gasteiger partial charge in [0.15, 0.2) is 0 Å². The van der Waals surface area contributed by atoms with Crippen molar-refractivity contribution in [1.29, 1.82) is 0 Å². The van der Waals surface area contributed by atoms with Crippen LogP contribution in [0.1, 0.15) is 41.6 Å². The number of sulfonamides is 1. The molecule has 0 aliphatic rings. The summed E-state index contributed by atoms with van der Waals surface area (Å²) in [7, 11) is -2.74. The van der Waals surface area contributed by atoms with Crippen molar-refractivity contribution < 1.29 is 23.1 Å². The molecule has 9 heteroatoms. The molecule has 0 aliphatic heterocycles. The fourth-order valence-corrected chi connectivity index (χ4v) is 3.89. The highest BCUT2D eigenvalue weighted by atomic mass is 32.2. The van der Waals surface area contributed by atoms with Crippen LogP contribution in [0.3, 0.4) is 0 Å². The van der Waals surface area contributed by atoms with Gasteiger partial charge in [0.1, 0.15) is 10.6 Å². The smallest absolute Gasteiger partial charge is 0.335 e. The number of carbonyl (C=O) groups is 1. The van der Waals surface area contributed by atoms with Crippen molar-refractivity contribution in [2.24, 2.45) is 0 Å². The maximum atomic E-state index is 12.8. The molecule has 2 rings (SSSR count). The molecule has 2 aromatic rings. The summed E-state index contributed by atoms with van der Waals surface area (Å²) in [5.74, 6) is -1.16. The Morgan fingerprint density at radius 3 is 2.44 bits per heavy atom. The van der Waals surface area contributed by atoms with Gasteiger partial charge in [0, 0.05) is 6.04 Å². The standard InChI is InChI=1S/C16H21N3O5S/c1-9(2)19-11(4)15(10(3)17-19)18-25(22,23)14-8-12(16(20)21)6-7-13(14)24-5/h6-9,18H,1-5H3,(H,20,21). The van der Waals surface area contributed by atoms with Gasteiger partial charge in [-0.05, 0) is 45.9 Å². The molecule has 0 saturated heterocycles. The normalized spacial score (nSPS) is 11.6. The van der Waals surface area contributed by atoms with Gasteiger partial charge in [-0.3, -0.25) is 9.40 Å². The second-order valence-corrected chi connectivity index (χ2v) is 7.51. The molecule has 0 aliphatic carbocycles. The van der Waals surface area contributed by atoms with Crippen LogP contribution in [0.25, 0.3) is 0 Å². The molecule has 0 atom stereocenters. The van der Waals surface area contributed by atoms with E-state index in [2.05, 4.69) is 9.82 Å². The Hall–Kier alpha value is -2.55. The number of nitrogens with zero attached hydrogens (tertiary/aromatic N) is 2. The number of benzene rings is 1. The summed E-state index contributed by atoms with van der Waals surface area (Å²) >= 11 is 0. The van der Waals surface area contributed by atoms with Gasteiger partial charge in [-0.25, -0.2) is 13.2 Å². The third kappa shape index (κ3) is 3.60. The minimum atomic E-state index is -4.06. The van der Waals surface area contributed by atoms with Crippen LogP contribution in [0.15, 0.2) is 23.1 Å². The molecule has 0 bridgehead atoms. The van der Waals surface area contributed by atoms with Crippen molar-refractivity contribution in [3.63, 3.8) is 0 Å². The van der Waals surface area contributed by atoms with Crippen LogP contribution in [0.5, 0.6) is 5.75 Å². The van der Waals surface area contributed by atoms with E-state index >= 15 is 0 Å². The van der Waals surface area contributed by atoms with Crippen molar-refractivity contribution in [3.05, 3.63) is 35.2 Å². The number of hydrogen-bond donors (Lipinski definition) is 2. The Morgan fingerprint density at radius 2 is 1.96 bits per heavy atom. The fraction of sp³-hybridized carbons (Fsp3) is 0.375. The molecule has 0 fully saturated rings. The minimum absolute atomic E-state index is 0.0593. The number of methoxy groups -OCH3 is 1. The van der Waals surface area contributed by atoms with Gasteiger partial charge in [-0.2, -0.15) is 5.10 Å². The van der Waals surface area contributed by atoms with Gasteiger partial charge in [0.25, 0.3) is 10.0 Å². The molecule has 0 radical (unpaired) electrons. The van der Waals surface area contributed by atoms with E-state index in [1.165, 1.54) is 19.2 Å². The lowest BCUT2D eigenvalue weighted by Gasteiger charge is -2.13. The second kappa shape index (κ2) is 6.75. The average molecular weight is 367 g/mol. The van der Waals surface area contributed by atoms with Crippen molar-refractivity contribution >= 4 is 21.7 Å². The van der Waals surface area contributed by atoms with E-state index in [-0.39, 0.29) is 22.3 Å². The summed E-state index contributed by atoms with van der Waals surface area (Å²) in [6.07, 6.45) is 0. The molecule has 0 unspecified atom stereocenters. The number of carboxylic acid groups (broad SMARTS) is 1. The van der Waals surface area contributed by atoms with Crippen LogP contribution in [-0.4, -0.2) is 36.4 Å². The van der Waals surface area contributed by atoms with Crippen molar-refractivity contribution in [1.82, 2.24) is 9.78 Å². The summed E-state index contributed by atoms with van der Waals surface area (Å²) in [6, 6.07) is 3.74. The molecule has 0 amide bonds. The summed E-state index contributed by atoms with van der Waals surface area (Å²) in [6.45, 7) is 7.35. The number of hydrogen-bond acceptors (Lipinski definition) is 5. The highest BCUT2D eigenvalue weighted by Gasteiger charge is 2.25. The lowest BCUT2D eigenvalue weighted by atomic mass is 10.2. The van der Waals surface area contributed by atoms with Crippen molar-refractivity contribution in [2.45, 2.75) is 38.6 Å². The lowest BCUT2D eigenvalue weighted by molar-refractivity contribution is 0.0696. The molecule has 136 valence electrons. The van der Waals surface area contributed by atoms with Gasteiger partial charge < -0.3 is 9.84 Å². The largest absolute Gasteiger partial charge is 0.495 e. The highest BCUT2D eigenvalue weighted by Crippen LogP contribution is 2.30. The lowest BCUT2D eigenvalue weighted by Crippen LogP contribution is -2.16. The second-order valence-electron chi connectivity index (χ2n) is 5.86. The topological polar surface area (TPSA) is 111 Å². The van der Waals surface area contributed by atoms with Gasteiger partial charge in [-0.15, -0.1) is 0 Å². The monoisotopic (exact) mass is 367 g/mol. The summed E-state index contributed by atoms with van der Waals surface area (Å²) in [4.78, 5) is 10.9. The molecule has 1 aromatic carbocycles. The SMILES string of the molecule is COc1ccc(C(=O)O)cc1S(=O)(=O)Nc1c(C)nn(C(C)C)c1C. The molecule has 1 heterocycles. The van der Waals surface area contributed by atoms with E-state index in [0.29, 0.717) is 17.1 Å². The molecular weight excluding hydrogens is 346 g/mol. The average Bonchev–Trinajstić information content (AvgIpc) is 2.82. The zero-order valence-corrected chi connectivity index (χ0v) is 15.5. The number of carboxylic acids is 1. The van der Waals surface area contributed by atoms with E-state index in [4.69, 9.17) is 9.84 Å². The maximum absolute atomic E-state index is 12.8. The predicted molar refractivity (Wildman–Crippen MR) is 92.8 cm³/mol. The molecule has 2 N–H and O–H groups in total. The quantitative estimate of drug-likeness (QED) is 0.812. The Labute approximate surface area is 146 Å². The van der Waals surface area contributed by atoms with Gasteiger partial charge in [0.2, 0.25) is 0 Å². The number of aromatic nitrogens is 2. The van der Waals surface area contributed by atoms with Crippen LogP contribution < -0.4 is 9.46 Å². The summed E-state index contributed by atoms with van der Waals surface area (Å²) in [5.41, 5.74) is 1.43. The maximum Gasteiger partial charge on any atom is 0.335 e. The number of ether oxygens (including phenoxy) is 1. The van der Waals surface area contributed by atoms with Gasteiger partial charge in [-0.1, -0.05) is 0 Å². The van der Waals surface area contributed by atoms with Gasteiger partial charge in [0.05, 0.1) is 29.7 Å². The number of aromatic carboxylic acids is 1. The zero-order valence-electron chi connectivity index (χ0n) is 14.7. The first-order valence-electron chi connectivity index (χ1n) is 7.58. The highest BCUT2D eigenvalue weighted by molar-refractivity contribution is 7.92. The van der Waals surface area contributed by atoms with E-state index < -0.39 is 16.0 Å². The Bertz CT molecular complexity index is 916. The van der Waals surface area contributed by atoms with Crippen LogP contribution in [0, 0.1) is 13.8 Å². The molecule has 0 spiro atoms. The predicted octanol–water partition coefficient (Wildman–Crippen LogP) is 2.59. The Kier molecular flexibility index (Phi) is 5.07. The Morgan fingerprint density at radius 1 is 1.32 bits per heavy atom. The summed E-state index contributed by atoms with van der Waals surface area (Å²) in [5, 5.41) is 13.5. The minimum Gasteiger partial charge on any atom is -0.495 e. The molecule has 1 aromatic heterocycles. The van der Waals surface area contributed by atoms with Crippen LogP contribution in [0.4, 0.5) is 5.69 Å². The van der Waals surface area contributed by atoms with E-state index in [1.807, 2.05) is 13.8 Å². The fourth-order valence-electron chi connectivity index (χ4n) is 2.52. The van der Waals surface area contributed by atoms with Crippen molar-refractivity contribution in [3.8, 4) is 5.75 Å². The molecule has 8 nitrogen and oxygen atoms in total. The number of anilines is 1. The number of nitrogens with one attached hydrogen (secondary N) is 1. The number of rotatable bonds is 6. The molecular formula is C16H21N3O5S. The van der Waals surface area contributed by atoms with Crippen molar-refractivity contribution in [2.75, 3.05) is 11.8 Å². The Balaban J connectivity index is 2.54. The van der Waals surface area contributed by atoms with Crippen LogP contribution >= 0.6 is 0 Å². The van der Waals surface area contributed by atoms with Gasteiger partial charge >= 0.3 is 5.97 Å². The molecule has 0 saturated carbocycles. The summed E-state index contributed by atoms with van der Waals surface area (Å²) < 4.78 is 34.9. The number of aryl methyl sites for hydroxylation is 1. The first kappa shape index (κ1) is 18.8. The van der Waals surface area contributed by atoms with E-state index in [1.54, 1.807) is 18.5 Å².